The van der Waals surface area contributed by atoms with Gasteiger partial charge in [0.1, 0.15) is 46.7 Å². The Hall–Kier alpha value is -3.82. The van der Waals surface area contributed by atoms with E-state index in [4.69, 9.17) is 9.84 Å². The van der Waals surface area contributed by atoms with Crippen molar-refractivity contribution in [3.63, 3.8) is 0 Å². The van der Waals surface area contributed by atoms with Crippen molar-refractivity contribution >= 4 is 11.6 Å². The number of rotatable bonds is 8. The molecule has 1 saturated carbocycles. The molecule has 0 bridgehead atoms. The maximum absolute atomic E-state index is 14.8. The predicted octanol–water partition coefficient (Wildman–Crippen LogP) is 4.73. The number of hydrogen-bond donors (Lipinski definition) is 1. The quantitative estimate of drug-likeness (QED) is 0.405. The van der Waals surface area contributed by atoms with Crippen LogP contribution >= 0.6 is 0 Å². The third-order valence-corrected chi connectivity index (χ3v) is 5.90. The Morgan fingerprint density at radius 2 is 1.91 bits per heavy atom. The van der Waals surface area contributed by atoms with Gasteiger partial charge in [0.2, 0.25) is 0 Å². The normalized spacial score (nSPS) is 13.3. The van der Waals surface area contributed by atoms with Crippen LogP contribution in [0.5, 0.6) is 5.75 Å². The summed E-state index contributed by atoms with van der Waals surface area (Å²) in [7, 11) is 1.83. The molecule has 4 aromatic rings. The highest BCUT2D eigenvalue weighted by Crippen LogP contribution is 2.44. The molecule has 34 heavy (non-hydrogen) atoms. The molecule has 1 aliphatic rings. The van der Waals surface area contributed by atoms with E-state index >= 15 is 0 Å². The zero-order chi connectivity index (χ0) is 23.8. The number of halogens is 2. The molecule has 3 heterocycles. The minimum Gasteiger partial charge on any atom is -0.494 e. The van der Waals surface area contributed by atoms with Gasteiger partial charge in [-0.05, 0) is 32.8 Å². The molecule has 3 aromatic heterocycles. The molecular weight excluding hydrogens is 440 g/mol. The molecule has 8 nitrogen and oxygen atoms in total. The topological polar surface area (TPSA) is 82.7 Å². The van der Waals surface area contributed by atoms with E-state index in [0.717, 1.165) is 29.9 Å². The molecule has 1 fully saturated rings. The minimum atomic E-state index is -0.644. The van der Waals surface area contributed by atoms with Gasteiger partial charge >= 0.3 is 0 Å². The van der Waals surface area contributed by atoms with E-state index in [9.17, 15) is 8.78 Å². The molecule has 0 amide bonds. The average Bonchev–Trinajstić information content (AvgIpc) is 3.50. The molecule has 0 saturated heterocycles. The summed E-state index contributed by atoms with van der Waals surface area (Å²) in [6, 6.07) is 6.09. The Morgan fingerprint density at radius 3 is 2.56 bits per heavy atom. The first-order valence-corrected chi connectivity index (χ1v) is 11.2. The zero-order valence-corrected chi connectivity index (χ0v) is 19.2. The summed E-state index contributed by atoms with van der Waals surface area (Å²) in [6.07, 6.45) is 5.18. The molecule has 176 valence electrons. The summed E-state index contributed by atoms with van der Waals surface area (Å²) >= 11 is 0. The van der Waals surface area contributed by atoms with Gasteiger partial charge in [-0.3, -0.25) is 9.36 Å². The third-order valence-electron chi connectivity index (χ3n) is 5.90. The lowest BCUT2D eigenvalue weighted by Crippen LogP contribution is -2.10. The predicted molar refractivity (Wildman–Crippen MR) is 123 cm³/mol. The molecule has 0 spiro atoms. The second-order valence-electron chi connectivity index (χ2n) is 8.35. The molecular formula is C24H25F2N7O. The van der Waals surface area contributed by atoms with Gasteiger partial charge < -0.3 is 10.1 Å². The van der Waals surface area contributed by atoms with E-state index in [1.807, 2.05) is 20.0 Å². The summed E-state index contributed by atoms with van der Waals surface area (Å²) in [5, 5.41) is 12.6. The van der Waals surface area contributed by atoms with Gasteiger partial charge in [-0.1, -0.05) is 0 Å². The fourth-order valence-electron chi connectivity index (χ4n) is 4.13. The Morgan fingerprint density at radius 1 is 1.15 bits per heavy atom. The highest BCUT2D eigenvalue weighted by molar-refractivity contribution is 5.66. The second kappa shape index (κ2) is 8.85. The van der Waals surface area contributed by atoms with Crippen molar-refractivity contribution in [1.29, 1.82) is 0 Å². The molecule has 1 N–H and O–H groups in total. The minimum absolute atomic E-state index is 0.00434. The highest BCUT2D eigenvalue weighted by Gasteiger charge is 2.32. The van der Waals surface area contributed by atoms with E-state index in [1.165, 1.54) is 18.5 Å². The molecule has 0 aliphatic heterocycles. The number of ether oxygens (including phenoxy) is 1. The Labute approximate surface area is 195 Å². The fourth-order valence-corrected chi connectivity index (χ4v) is 4.13. The van der Waals surface area contributed by atoms with Crippen molar-refractivity contribution in [3.05, 3.63) is 65.2 Å². The third kappa shape index (κ3) is 4.23. The van der Waals surface area contributed by atoms with Gasteiger partial charge in [-0.25, -0.2) is 18.7 Å². The fraction of sp³-hybridized carbons (Fsp3) is 0.333. The van der Waals surface area contributed by atoms with Crippen LogP contribution in [0, 0.1) is 18.6 Å². The first-order chi connectivity index (χ1) is 16.4. The van der Waals surface area contributed by atoms with Crippen LogP contribution in [0.4, 0.5) is 20.4 Å². The number of aryl methyl sites for hydroxylation is 1. The van der Waals surface area contributed by atoms with Crippen LogP contribution in [-0.4, -0.2) is 36.1 Å². The van der Waals surface area contributed by atoms with E-state index in [-0.39, 0.29) is 17.9 Å². The van der Waals surface area contributed by atoms with Gasteiger partial charge in [0.05, 0.1) is 13.2 Å². The monoisotopic (exact) mass is 465 g/mol. The van der Waals surface area contributed by atoms with Crippen molar-refractivity contribution in [3.8, 4) is 17.1 Å². The Balaban J connectivity index is 1.49. The first-order valence-electron chi connectivity index (χ1n) is 11.2. The molecule has 0 atom stereocenters. The van der Waals surface area contributed by atoms with Gasteiger partial charge in [-0.15, -0.1) is 0 Å². The van der Waals surface area contributed by atoms with E-state index in [2.05, 4.69) is 20.4 Å². The lowest BCUT2D eigenvalue weighted by molar-refractivity contribution is 0.335. The first kappa shape index (κ1) is 22.0. The lowest BCUT2D eigenvalue weighted by Gasteiger charge is -2.11. The SMILES string of the molecule is CCOc1cc(F)c(Cn2nc(-c3cc(Nc4ccncn4)n(C)n3)c(C)c2C2CC2)c(F)c1. The van der Waals surface area contributed by atoms with Gasteiger partial charge in [0, 0.05) is 54.2 Å². The molecule has 0 unspecified atom stereocenters. The number of hydrogen-bond acceptors (Lipinski definition) is 6. The largest absolute Gasteiger partial charge is 0.494 e. The summed E-state index contributed by atoms with van der Waals surface area (Å²) in [6.45, 7) is 4.09. The lowest BCUT2D eigenvalue weighted by atomic mass is 10.1. The molecule has 0 radical (unpaired) electrons. The standard InChI is InChI=1S/C24H25F2N7O/c1-4-34-16-9-18(25)17(19(26)10-16)12-33-24(15-5-6-15)14(2)23(31-33)20-11-22(32(3)30-20)29-21-7-8-27-13-28-21/h7-11,13,15H,4-6,12H2,1-3H3,(H,27,28,29). The summed E-state index contributed by atoms with van der Waals surface area (Å²) < 4.78 is 38.2. The van der Waals surface area contributed by atoms with E-state index in [1.54, 1.807) is 28.6 Å². The van der Waals surface area contributed by atoms with Crippen LogP contribution < -0.4 is 10.1 Å². The average molecular weight is 466 g/mol. The summed E-state index contributed by atoms with van der Waals surface area (Å²) in [5.74, 6) is 0.602. The van der Waals surface area contributed by atoms with Crippen molar-refractivity contribution in [2.45, 2.75) is 39.2 Å². The number of anilines is 2. The van der Waals surface area contributed by atoms with Crippen molar-refractivity contribution in [1.82, 2.24) is 29.5 Å². The number of benzene rings is 1. The van der Waals surface area contributed by atoms with Gasteiger partial charge in [-0.2, -0.15) is 10.2 Å². The second-order valence-corrected chi connectivity index (χ2v) is 8.35. The van der Waals surface area contributed by atoms with E-state index in [0.29, 0.717) is 29.7 Å². The molecule has 5 rings (SSSR count). The van der Waals surface area contributed by atoms with Crippen LogP contribution in [0.3, 0.4) is 0 Å². The zero-order valence-electron chi connectivity index (χ0n) is 19.2. The van der Waals surface area contributed by atoms with Crippen molar-refractivity contribution in [2.75, 3.05) is 11.9 Å². The number of aromatic nitrogens is 6. The van der Waals surface area contributed by atoms with Crippen LogP contribution in [0.25, 0.3) is 11.4 Å². The van der Waals surface area contributed by atoms with Crippen LogP contribution in [0.15, 0.2) is 36.8 Å². The summed E-state index contributed by atoms with van der Waals surface area (Å²) in [5.41, 5.74) is 3.30. The smallest absolute Gasteiger partial charge is 0.134 e. The Bertz CT molecular complexity index is 1310. The van der Waals surface area contributed by atoms with Gasteiger partial charge in [0.15, 0.2) is 0 Å². The summed E-state index contributed by atoms with van der Waals surface area (Å²) in [4.78, 5) is 8.11. The van der Waals surface area contributed by atoms with Crippen LogP contribution in [-0.2, 0) is 13.6 Å². The number of nitrogens with zero attached hydrogens (tertiary/aromatic N) is 6. The van der Waals surface area contributed by atoms with Crippen molar-refractivity contribution < 1.29 is 13.5 Å². The molecule has 1 aromatic carbocycles. The van der Waals surface area contributed by atoms with Crippen LogP contribution in [0.1, 0.15) is 42.5 Å². The maximum atomic E-state index is 14.8. The van der Waals surface area contributed by atoms with Crippen molar-refractivity contribution in [2.24, 2.45) is 7.05 Å². The highest BCUT2D eigenvalue weighted by atomic mass is 19.1. The molecule has 1 aliphatic carbocycles. The van der Waals surface area contributed by atoms with Crippen LogP contribution in [0.2, 0.25) is 0 Å². The molecule has 10 heteroatoms. The maximum Gasteiger partial charge on any atom is 0.134 e. The van der Waals surface area contributed by atoms with Gasteiger partial charge in [0.25, 0.3) is 0 Å². The number of nitrogens with one attached hydrogen (secondary N) is 1. The Kier molecular flexibility index (Phi) is 5.72. The van der Waals surface area contributed by atoms with E-state index < -0.39 is 11.6 Å².